The van der Waals surface area contributed by atoms with E-state index in [4.69, 9.17) is 0 Å². The van der Waals surface area contributed by atoms with Crippen LogP contribution in [0.2, 0.25) is 0 Å². The average Bonchev–Trinajstić information content (AvgIpc) is 1.55. The monoisotopic (exact) mass is 1420 g/mol. The molecule has 2 aliphatic rings. The average molecular weight is 1420 g/mol. The Morgan fingerprint density at radius 3 is 0.860 bits per heavy atom. The number of halogens is 1. The first kappa shape index (κ1) is 61.1. The number of nitrogens with zero attached hydrogens (tertiary/aromatic N) is 1. The Labute approximate surface area is 626 Å². The number of nitrogens with one attached hydrogen (secondary N) is 1. The van der Waals surface area contributed by atoms with Crippen molar-refractivity contribution in [3.8, 4) is 94.7 Å². The van der Waals surface area contributed by atoms with Gasteiger partial charge in [0.05, 0.1) is 16.7 Å². The van der Waals surface area contributed by atoms with Gasteiger partial charge in [-0.2, -0.15) is 0 Å². The van der Waals surface area contributed by atoms with Crippen LogP contribution in [0.5, 0.6) is 0 Å². The highest BCUT2D eigenvalue weighted by molar-refractivity contribution is 9.10. The summed E-state index contributed by atoms with van der Waals surface area (Å²) < 4.78 is 3.67. The van der Waals surface area contributed by atoms with Crippen molar-refractivity contribution in [2.24, 2.45) is 0 Å². The summed E-state index contributed by atoms with van der Waals surface area (Å²) in [6.07, 6.45) is 0. The number of aromatic nitrogens is 2. The number of hydrogen-bond acceptors (Lipinski definition) is 0. The van der Waals surface area contributed by atoms with E-state index in [1.54, 1.807) is 0 Å². The Kier molecular flexibility index (Phi) is 13.9. The fourth-order valence-electron chi connectivity index (χ4n) is 18.6. The van der Waals surface area contributed by atoms with Gasteiger partial charge in [0.2, 0.25) is 0 Å². The first-order chi connectivity index (χ1) is 53.1. The molecular formula is C104H63BrN2. The number of rotatable bonds is 5. The van der Waals surface area contributed by atoms with Crippen LogP contribution in [0.1, 0.15) is 0 Å². The van der Waals surface area contributed by atoms with Crippen molar-refractivity contribution in [2.45, 2.75) is 0 Å². The molecule has 0 amide bonds. The molecule has 1 N–H and O–H groups in total. The Balaban J connectivity index is 0.000000111. The largest absolute Gasteiger partial charge is 0.354 e. The van der Waals surface area contributed by atoms with Gasteiger partial charge in [-0.1, -0.05) is 356 Å². The summed E-state index contributed by atoms with van der Waals surface area (Å²) in [7, 11) is 0. The SMILES string of the molecule is Brc1ccc2c3c(cccc13)-c1c-2c(-c2ccccc2)c2ccccc2c1-c1ccccc1.c1ccc(-c2c3c(c(-c4ccccc4)c4ccccc24)-c2ccc(-n4c5ccc6ccccc6c5c5c6ccccc6ccc54)c4cccc-3c24)cc1.c1ccc2c(c1)ccc1[nH]c3ccc4ccccc4c3c12. The molecule has 0 unspecified atom stereocenters. The number of fused-ring (bicyclic) bond motifs is 22. The van der Waals surface area contributed by atoms with Crippen molar-refractivity contribution < 1.29 is 0 Å². The Bertz CT molecular complexity index is 7110. The minimum atomic E-state index is 1.14. The third-order valence-electron chi connectivity index (χ3n) is 22.9. The molecule has 2 nitrogen and oxygen atoms in total. The summed E-state index contributed by atoms with van der Waals surface area (Å²) in [6.45, 7) is 0. The summed E-state index contributed by atoms with van der Waals surface area (Å²) in [5.74, 6) is 0. The molecule has 24 rings (SSSR count). The molecule has 0 bridgehead atoms. The van der Waals surface area contributed by atoms with Gasteiger partial charge in [-0.05, 0) is 206 Å². The van der Waals surface area contributed by atoms with Crippen LogP contribution < -0.4 is 0 Å². The number of hydrogen-bond donors (Lipinski definition) is 1. The van der Waals surface area contributed by atoms with Gasteiger partial charge in [0.15, 0.2) is 0 Å². The second-order valence-corrected chi connectivity index (χ2v) is 29.3. The molecule has 0 saturated heterocycles. The van der Waals surface area contributed by atoms with Crippen molar-refractivity contribution in [1.29, 1.82) is 0 Å². The molecule has 0 atom stereocenters. The Morgan fingerprint density at radius 2 is 0.477 bits per heavy atom. The van der Waals surface area contributed by atoms with Gasteiger partial charge in [0, 0.05) is 42.4 Å². The number of H-pyrrole nitrogens is 1. The zero-order valence-electron chi connectivity index (χ0n) is 58.1. The van der Waals surface area contributed by atoms with Crippen LogP contribution >= 0.6 is 15.9 Å². The summed E-state index contributed by atoms with van der Waals surface area (Å²) in [5, 5.41) is 25.9. The zero-order valence-corrected chi connectivity index (χ0v) is 59.7. The summed E-state index contributed by atoms with van der Waals surface area (Å²) in [4.78, 5) is 3.56. The van der Waals surface area contributed by atoms with Crippen molar-refractivity contribution in [3.05, 3.63) is 381 Å². The Hall–Kier alpha value is -13.4. The third kappa shape index (κ3) is 9.24. The van der Waals surface area contributed by atoms with Crippen LogP contribution in [-0.2, 0) is 0 Å². The molecule has 107 heavy (non-hydrogen) atoms. The highest BCUT2D eigenvalue weighted by atomic mass is 79.9. The van der Waals surface area contributed by atoms with E-state index in [0.29, 0.717) is 0 Å². The maximum absolute atomic E-state index is 3.81. The highest BCUT2D eigenvalue weighted by Gasteiger charge is 2.34. The van der Waals surface area contributed by atoms with Crippen LogP contribution in [-0.4, -0.2) is 9.55 Å². The van der Waals surface area contributed by atoms with Crippen LogP contribution in [0, 0.1) is 0 Å². The summed E-state index contributed by atoms with van der Waals surface area (Å²) in [6, 6.07) is 137. The molecule has 0 fully saturated rings. The van der Waals surface area contributed by atoms with E-state index in [-0.39, 0.29) is 0 Å². The van der Waals surface area contributed by atoms with Crippen LogP contribution in [0.3, 0.4) is 0 Å². The van der Waals surface area contributed by atoms with Crippen LogP contribution in [0.25, 0.3) is 224 Å². The van der Waals surface area contributed by atoms with E-state index in [1.807, 2.05) is 0 Å². The molecule has 0 spiro atoms. The van der Waals surface area contributed by atoms with Crippen molar-refractivity contribution >= 4 is 146 Å². The zero-order chi connectivity index (χ0) is 70.4. The van der Waals surface area contributed by atoms with Crippen molar-refractivity contribution in [1.82, 2.24) is 9.55 Å². The van der Waals surface area contributed by atoms with E-state index >= 15 is 0 Å². The second kappa shape index (κ2) is 24.3. The normalized spacial score (nSPS) is 12.0. The van der Waals surface area contributed by atoms with Gasteiger partial charge in [-0.15, -0.1) is 0 Å². The lowest BCUT2D eigenvalue weighted by atomic mass is 9.82. The van der Waals surface area contributed by atoms with E-state index in [0.717, 1.165) is 4.47 Å². The summed E-state index contributed by atoms with van der Waals surface area (Å²) in [5.41, 5.74) is 26.9. The van der Waals surface area contributed by atoms with Gasteiger partial charge in [0.25, 0.3) is 0 Å². The molecule has 496 valence electrons. The van der Waals surface area contributed by atoms with E-state index in [1.165, 1.54) is 224 Å². The first-order valence-electron chi connectivity index (χ1n) is 36.9. The molecular weight excluding hydrogens is 1360 g/mol. The topological polar surface area (TPSA) is 20.7 Å². The van der Waals surface area contributed by atoms with Gasteiger partial charge >= 0.3 is 0 Å². The molecule has 0 aliphatic heterocycles. The molecule has 20 aromatic carbocycles. The van der Waals surface area contributed by atoms with Crippen molar-refractivity contribution in [3.63, 3.8) is 0 Å². The predicted molar refractivity (Wildman–Crippen MR) is 461 cm³/mol. The third-order valence-corrected chi connectivity index (χ3v) is 23.6. The molecule has 2 aliphatic carbocycles. The smallest absolute Gasteiger partial charge is 0.0548 e. The lowest BCUT2D eigenvalue weighted by Gasteiger charge is -2.20. The molecule has 2 aromatic heterocycles. The fraction of sp³-hybridized carbons (Fsp3) is 0. The van der Waals surface area contributed by atoms with Gasteiger partial charge in [0.1, 0.15) is 0 Å². The minimum absolute atomic E-state index is 1.14. The van der Waals surface area contributed by atoms with E-state index in [9.17, 15) is 0 Å². The second-order valence-electron chi connectivity index (χ2n) is 28.5. The van der Waals surface area contributed by atoms with Gasteiger partial charge < -0.3 is 9.55 Å². The van der Waals surface area contributed by atoms with Crippen LogP contribution in [0.15, 0.2) is 381 Å². The number of benzene rings is 20. The Morgan fingerprint density at radius 1 is 0.187 bits per heavy atom. The minimum Gasteiger partial charge on any atom is -0.354 e. The number of aromatic amines is 1. The van der Waals surface area contributed by atoms with Gasteiger partial charge in [-0.25, -0.2) is 0 Å². The standard InChI is InChI=1S/C52H31N.C32H19Br.C20H13N/c1-3-16-34(17-4-1)46-38-22-11-12-23-39(38)47(35-18-5-2-6-19-35)52-42-28-31-43(40-24-13-25-41(48(40)42)51(46)52)53-44-29-26-32-14-7-9-20-36(32)49(44)50-37-21-10-8-15-33(37)27-30-45(50)53;33-27-19-18-26-30-24(27)16-9-17-25(30)31-28(20-10-3-1-4-11-20)22-14-7-8-15-23(22)29(32(26)31)21-12-5-2-6-13-21;1-3-7-15-13(5-1)9-11-17-19(15)20-16-8-4-2-6-14(16)10-12-18(20)21-17/h1-31H;1-19H;1-12,21H. The lowest BCUT2D eigenvalue weighted by molar-refractivity contribution is 1.20. The van der Waals surface area contributed by atoms with Crippen LogP contribution in [0.4, 0.5) is 0 Å². The maximum atomic E-state index is 3.81. The molecule has 3 heteroatoms. The van der Waals surface area contributed by atoms with E-state index < -0.39 is 0 Å². The van der Waals surface area contributed by atoms with Crippen molar-refractivity contribution in [2.75, 3.05) is 0 Å². The predicted octanol–water partition coefficient (Wildman–Crippen LogP) is 29.7. The molecule has 0 saturated carbocycles. The lowest BCUT2D eigenvalue weighted by Crippen LogP contribution is -1.96. The molecule has 22 aromatic rings. The fourth-order valence-corrected chi connectivity index (χ4v) is 19.1. The van der Waals surface area contributed by atoms with Gasteiger partial charge in [-0.3, -0.25) is 0 Å². The molecule has 0 radical (unpaired) electrons. The van der Waals surface area contributed by atoms with E-state index in [2.05, 4.69) is 402 Å². The summed E-state index contributed by atoms with van der Waals surface area (Å²) >= 11 is 3.81. The highest BCUT2D eigenvalue weighted by Crippen LogP contribution is 2.61. The molecule has 2 heterocycles. The first-order valence-corrected chi connectivity index (χ1v) is 37.7. The quantitative estimate of drug-likeness (QED) is 0.177. The maximum Gasteiger partial charge on any atom is 0.0548 e.